The van der Waals surface area contributed by atoms with Crippen LogP contribution in [-0.2, 0) is 9.47 Å². The highest BCUT2D eigenvalue weighted by Crippen LogP contribution is 2.43. The molecule has 0 radical (unpaired) electrons. The first-order valence-electron chi connectivity index (χ1n) is 6.99. The number of likely N-dealkylation sites (tertiary alicyclic amines) is 1. The minimum Gasteiger partial charge on any atom is -0.381 e. The summed E-state index contributed by atoms with van der Waals surface area (Å²) in [5.41, 5.74) is 0.130. The van der Waals surface area contributed by atoms with Gasteiger partial charge in [0.1, 0.15) is 6.26 Å². The molecule has 2 fully saturated rings. The average Bonchev–Trinajstić information content (AvgIpc) is 3.13. The molecule has 1 aliphatic heterocycles. The molecule has 0 spiro atoms. The summed E-state index contributed by atoms with van der Waals surface area (Å²) < 4.78 is 16.1. The van der Waals surface area contributed by atoms with Gasteiger partial charge in [0.05, 0.1) is 17.7 Å². The van der Waals surface area contributed by atoms with Gasteiger partial charge in [-0.15, -0.1) is 0 Å². The van der Waals surface area contributed by atoms with Gasteiger partial charge in [-0.25, -0.2) is 0 Å². The zero-order valence-corrected chi connectivity index (χ0v) is 11.9. The summed E-state index contributed by atoms with van der Waals surface area (Å²) in [4.78, 5) is 14.4. The second kappa shape index (κ2) is 5.18. The van der Waals surface area contributed by atoms with E-state index in [1.807, 2.05) is 4.90 Å². The Morgan fingerprint density at radius 3 is 3.00 bits per heavy atom. The molecule has 1 amide bonds. The van der Waals surface area contributed by atoms with Gasteiger partial charge in [0, 0.05) is 26.8 Å². The molecule has 0 N–H and O–H groups in total. The fourth-order valence-electron chi connectivity index (χ4n) is 3.59. The van der Waals surface area contributed by atoms with Crippen LogP contribution in [0.5, 0.6) is 0 Å². The molecule has 2 aliphatic rings. The molecule has 1 aliphatic carbocycles. The lowest BCUT2D eigenvalue weighted by molar-refractivity contribution is -0.0894. The van der Waals surface area contributed by atoms with Crippen molar-refractivity contribution in [2.75, 3.05) is 20.8 Å². The highest BCUT2D eigenvalue weighted by Gasteiger charge is 2.52. The summed E-state index contributed by atoms with van der Waals surface area (Å²) in [6.07, 6.45) is 5.20. The van der Waals surface area contributed by atoms with Gasteiger partial charge in [-0.1, -0.05) is 5.16 Å². The predicted octanol–water partition coefficient (Wildman–Crippen LogP) is 1.47. The van der Waals surface area contributed by atoms with Crippen LogP contribution in [0.4, 0.5) is 0 Å². The Kier molecular flexibility index (Phi) is 3.52. The van der Waals surface area contributed by atoms with Crippen LogP contribution >= 0.6 is 0 Å². The average molecular weight is 280 g/mol. The Morgan fingerprint density at radius 2 is 2.35 bits per heavy atom. The van der Waals surface area contributed by atoms with Gasteiger partial charge in [0.15, 0.2) is 5.69 Å². The Morgan fingerprint density at radius 1 is 1.50 bits per heavy atom. The van der Waals surface area contributed by atoms with Crippen LogP contribution in [-0.4, -0.2) is 54.5 Å². The van der Waals surface area contributed by atoms with E-state index in [4.69, 9.17) is 14.0 Å². The standard InChI is InChI=1S/C14H20N2O4/c1-18-10-3-5-14(19-2)6-7-16(12(14)9-10)13(17)11-4-8-20-15-11/h4,8,10,12H,3,5-7,9H2,1-2H3/t10-,12-,14+/m0/s1. The highest BCUT2D eigenvalue weighted by molar-refractivity contribution is 5.92. The molecule has 3 rings (SSSR count). The summed E-state index contributed by atoms with van der Waals surface area (Å²) in [6, 6.07) is 1.65. The third-order valence-electron chi connectivity index (χ3n) is 4.79. The zero-order valence-electron chi connectivity index (χ0n) is 11.9. The Bertz CT molecular complexity index is 476. The van der Waals surface area contributed by atoms with E-state index in [0.29, 0.717) is 12.2 Å². The second-order valence-electron chi connectivity index (χ2n) is 5.55. The van der Waals surface area contributed by atoms with Crippen molar-refractivity contribution in [2.24, 2.45) is 0 Å². The fourth-order valence-corrected chi connectivity index (χ4v) is 3.59. The van der Waals surface area contributed by atoms with Gasteiger partial charge in [0.25, 0.3) is 5.91 Å². The molecular formula is C14H20N2O4. The number of nitrogens with zero attached hydrogens (tertiary/aromatic N) is 2. The number of hydrogen-bond donors (Lipinski definition) is 0. The Balaban J connectivity index is 1.84. The van der Waals surface area contributed by atoms with Gasteiger partial charge in [-0.05, 0) is 25.7 Å². The first-order valence-corrected chi connectivity index (χ1v) is 6.99. The van der Waals surface area contributed by atoms with Crippen LogP contribution in [0.3, 0.4) is 0 Å². The van der Waals surface area contributed by atoms with Crippen LogP contribution in [0.25, 0.3) is 0 Å². The molecule has 20 heavy (non-hydrogen) atoms. The summed E-state index contributed by atoms with van der Waals surface area (Å²) in [7, 11) is 3.47. The van der Waals surface area contributed by atoms with Gasteiger partial charge in [-0.2, -0.15) is 0 Å². The molecule has 1 saturated heterocycles. The second-order valence-corrected chi connectivity index (χ2v) is 5.55. The molecule has 1 aromatic heterocycles. The van der Waals surface area contributed by atoms with E-state index in [2.05, 4.69) is 5.16 Å². The van der Waals surface area contributed by atoms with Gasteiger partial charge < -0.3 is 18.9 Å². The molecule has 0 unspecified atom stereocenters. The maximum Gasteiger partial charge on any atom is 0.276 e. The van der Waals surface area contributed by atoms with Crippen molar-refractivity contribution in [2.45, 2.75) is 43.4 Å². The smallest absolute Gasteiger partial charge is 0.276 e. The monoisotopic (exact) mass is 280 g/mol. The molecule has 1 saturated carbocycles. The van der Waals surface area contributed by atoms with Gasteiger partial charge in [0.2, 0.25) is 0 Å². The molecule has 6 nitrogen and oxygen atoms in total. The first-order chi connectivity index (χ1) is 9.70. The van der Waals surface area contributed by atoms with Gasteiger partial charge >= 0.3 is 0 Å². The summed E-state index contributed by atoms with van der Waals surface area (Å²) in [5, 5.41) is 3.75. The lowest BCUT2D eigenvalue weighted by Gasteiger charge is -2.43. The summed E-state index contributed by atoms with van der Waals surface area (Å²) >= 11 is 0. The number of aromatic nitrogens is 1. The number of carbonyl (C=O) groups is 1. The van der Waals surface area contributed by atoms with Crippen molar-refractivity contribution >= 4 is 5.91 Å². The molecular weight excluding hydrogens is 260 g/mol. The molecule has 2 heterocycles. The Labute approximate surface area is 118 Å². The molecule has 6 heteroatoms. The lowest BCUT2D eigenvalue weighted by atomic mass is 9.79. The van der Waals surface area contributed by atoms with E-state index in [9.17, 15) is 4.79 Å². The normalized spacial score (nSPS) is 33.2. The van der Waals surface area contributed by atoms with Crippen LogP contribution in [0.15, 0.2) is 16.9 Å². The highest BCUT2D eigenvalue weighted by atomic mass is 16.5. The topological polar surface area (TPSA) is 64.8 Å². The van der Waals surface area contributed by atoms with Crippen molar-refractivity contribution in [3.8, 4) is 0 Å². The first kappa shape index (κ1) is 13.6. The van der Waals surface area contributed by atoms with E-state index in [0.717, 1.165) is 25.7 Å². The number of carbonyl (C=O) groups excluding carboxylic acids is 1. The van der Waals surface area contributed by atoms with E-state index in [1.165, 1.54) is 6.26 Å². The Hall–Kier alpha value is -1.40. The number of methoxy groups -OCH3 is 2. The van der Waals surface area contributed by atoms with E-state index < -0.39 is 0 Å². The number of ether oxygens (including phenoxy) is 2. The number of hydrogen-bond acceptors (Lipinski definition) is 5. The van der Waals surface area contributed by atoms with Crippen molar-refractivity contribution in [1.82, 2.24) is 10.1 Å². The fraction of sp³-hybridized carbons (Fsp3) is 0.714. The number of amides is 1. The van der Waals surface area contributed by atoms with Crippen LogP contribution < -0.4 is 0 Å². The molecule has 1 aromatic rings. The van der Waals surface area contributed by atoms with Crippen LogP contribution in [0, 0.1) is 0 Å². The third kappa shape index (κ3) is 2.03. The maximum absolute atomic E-state index is 12.5. The molecule has 3 atom stereocenters. The van der Waals surface area contributed by atoms with Crippen molar-refractivity contribution in [3.05, 3.63) is 18.0 Å². The van der Waals surface area contributed by atoms with Crippen molar-refractivity contribution in [1.29, 1.82) is 0 Å². The van der Waals surface area contributed by atoms with E-state index in [1.54, 1.807) is 20.3 Å². The van der Waals surface area contributed by atoms with Crippen LogP contribution in [0.1, 0.15) is 36.2 Å². The minimum absolute atomic E-state index is 0.0513. The molecule has 0 aromatic carbocycles. The largest absolute Gasteiger partial charge is 0.381 e. The van der Waals surface area contributed by atoms with Crippen molar-refractivity contribution in [3.63, 3.8) is 0 Å². The molecule has 110 valence electrons. The SMILES string of the molecule is CO[C@H]1CC[C@@]2(OC)CCN(C(=O)c3ccon3)[C@H]2C1. The number of rotatable bonds is 3. The maximum atomic E-state index is 12.5. The van der Waals surface area contributed by atoms with E-state index in [-0.39, 0.29) is 23.7 Å². The zero-order chi connectivity index (χ0) is 14.2. The van der Waals surface area contributed by atoms with Crippen molar-refractivity contribution < 1.29 is 18.8 Å². The van der Waals surface area contributed by atoms with E-state index >= 15 is 0 Å². The minimum atomic E-state index is -0.228. The van der Waals surface area contributed by atoms with Gasteiger partial charge in [-0.3, -0.25) is 4.79 Å². The predicted molar refractivity (Wildman–Crippen MR) is 70.3 cm³/mol. The van der Waals surface area contributed by atoms with Crippen LogP contribution in [0.2, 0.25) is 0 Å². The third-order valence-corrected chi connectivity index (χ3v) is 4.79. The quantitative estimate of drug-likeness (QED) is 0.839. The summed E-state index contributed by atoms with van der Waals surface area (Å²) in [6.45, 7) is 0.695. The lowest BCUT2D eigenvalue weighted by Crippen LogP contribution is -2.53. The molecule has 0 bridgehead atoms. The summed E-state index contributed by atoms with van der Waals surface area (Å²) in [5.74, 6) is -0.0839. The number of fused-ring (bicyclic) bond motifs is 1.